The molecule has 0 spiro atoms. The minimum atomic E-state index is 0.909. The molecule has 2 N–H and O–H groups in total. The van der Waals surface area contributed by atoms with E-state index in [0.717, 1.165) is 12.2 Å². The minimum Gasteiger partial charge on any atom is -0.381 e. The molecule has 0 aliphatic carbocycles. The molecule has 1 aromatic carbocycles. The van der Waals surface area contributed by atoms with Gasteiger partial charge >= 0.3 is 0 Å². The Balaban J connectivity index is 2.34. The first-order chi connectivity index (χ1) is 6.31. The standard InChI is InChI=1S/C10H12N2S/c1-7-10-4-3-9(13-11-2)5-8(10)6-12-7/h3-5,11-12H,1,6H2,2H3. The maximum Gasteiger partial charge on any atom is 0.0407 e. The van der Waals surface area contributed by atoms with Gasteiger partial charge in [0.25, 0.3) is 0 Å². The highest BCUT2D eigenvalue weighted by Crippen LogP contribution is 2.26. The van der Waals surface area contributed by atoms with Crippen LogP contribution < -0.4 is 10.0 Å². The first-order valence-electron chi connectivity index (χ1n) is 4.21. The molecule has 3 heteroatoms. The summed E-state index contributed by atoms with van der Waals surface area (Å²) in [6, 6.07) is 6.43. The Morgan fingerprint density at radius 1 is 1.54 bits per heavy atom. The van der Waals surface area contributed by atoms with E-state index >= 15 is 0 Å². The average Bonchev–Trinajstić information content (AvgIpc) is 2.48. The minimum absolute atomic E-state index is 0.909. The predicted molar refractivity (Wildman–Crippen MR) is 57.2 cm³/mol. The molecule has 1 heterocycles. The molecule has 0 unspecified atom stereocenters. The molecule has 0 saturated heterocycles. The Morgan fingerprint density at radius 2 is 2.38 bits per heavy atom. The van der Waals surface area contributed by atoms with Crippen LogP contribution in [0.3, 0.4) is 0 Å². The van der Waals surface area contributed by atoms with Crippen molar-refractivity contribution in [1.82, 2.24) is 10.0 Å². The van der Waals surface area contributed by atoms with Gasteiger partial charge in [-0.3, -0.25) is 4.72 Å². The smallest absolute Gasteiger partial charge is 0.0407 e. The first-order valence-corrected chi connectivity index (χ1v) is 5.02. The zero-order chi connectivity index (χ0) is 9.26. The largest absolute Gasteiger partial charge is 0.381 e. The molecule has 0 radical (unpaired) electrons. The summed E-state index contributed by atoms with van der Waals surface area (Å²) in [4.78, 5) is 1.25. The van der Waals surface area contributed by atoms with Gasteiger partial charge in [0, 0.05) is 22.7 Å². The van der Waals surface area contributed by atoms with Gasteiger partial charge in [0.05, 0.1) is 0 Å². The lowest BCUT2D eigenvalue weighted by molar-refractivity contribution is 0.943. The second-order valence-electron chi connectivity index (χ2n) is 2.96. The number of benzene rings is 1. The van der Waals surface area contributed by atoms with Crippen molar-refractivity contribution in [2.45, 2.75) is 11.4 Å². The van der Waals surface area contributed by atoms with Gasteiger partial charge in [-0.15, -0.1) is 0 Å². The number of nitrogens with one attached hydrogen (secondary N) is 2. The maximum atomic E-state index is 3.94. The van der Waals surface area contributed by atoms with E-state index < -0.39 is 0 Å². The van der Waals surface area contributed by atoms with E-state index in [0.29, 0.717) is 0 Å². The van der Waals surface area contributed by atoms with Crippen molar-refractivity contribution in [1.29, 1.82) is 0 Å². The molecule has 0 amide bonds. The summed E-state index contributed by atoms with van der Waals surface area (Å²) in [5.74, 6) is 0. The van der Waals surface area contributed by atoms with Gasteiger partial charge in [-0.25, -0.2) is 0 Å². The lowest BCUT2D eigenvalue weighted by Gasteiger charge is -2.02. The highest BCUT2D eigenvalue weighted by molar-refractivity contribution is 7.97. The summed E-state index contributed by atoms with van der Waals surface area (Å²) >= 11 is 1.64. The van der Waals surface area contributed by atoms with Crippen molar-refractivity contribution in [2.24, 2.45) is 0 Å². The zero-order valence-electron chi connectivity index (χ0n) is 7.55. The number of rotatable bonds is 2. The molecule has 1 aliphatic heterocycles. The number of hydrogen-bond acceptors (Lipinski definition) is 3. The van der Waals surface area contributed by atoms with Gasteiger partial charge in [0.2, 0.25) is 0 Å². The molecule has 2 rings (SSSR count). The average molecular weight is 192 g/mol. The van der Waals surface area contributed by atoms with Crippen molar-refractivity contribution < 1.29 is 0 Å². The summed E-state index contributed by atoms with van der Waals surface area (Å²) in [5, 5.41) is 3.23. The van der Waals surface area contributed by atoms with Crippen LogP contribution in [0.25, 0.3) is 5.70 Å². The summed E-state index contributed by atoms with van der Waals surface area (Å²) in [6.07, 6.45) is 0. The van der Waals surface area contributed by atoms with E-state index in [9.17, 15) is 0 Å². The fourth-order valence-electron chi connectivity index (χ4n) is 1.49. The third kappa shape index (κ3) is 1.57. The van der Waals surface area contributed by atoms with Crippen LogP contribution in [0, 0.1) is 0 Å². The molecule has 0 saturated carbocycles. The van der Waals surface area contributed by atoms with Crippen LogP contribution in [0.15, 0.2) is 29.7 Å². The summed E-state index contributed by atoms with van der Waals surface area (Å²) in [5.41, 5.74) is 3.63. The van der Waals surface area contributed by atoms with Crippen molar-refractivity contribution in [3.05, 3.63) is 35.9 Å². The Bertz CT molecular complexity index is 347. The molecule has 1 aliphatic rings. The Morgan fingerprint density at radius 3 is 3.15 bits per heavy atom. The van der Waals surface area contributed by atoms with Crippen LogP contribution in [0.2, 0.25) is 0 Å². The van der Waals surface area contributed by atoms with Crippen molar-refractivity contribution in [2.75, 3.05) is 7.05 Å². The van der Waals surface area contributed by atoms with E-state index in [1.807, 2.05) is 7.05 Å². The van der Waals surface area contributed by atoms with Gasteiger partial charge in [0.1, 0.15) is 0 Å². The quantitative estimate of drug-likeness (QED) is 0.701. The summed E-state index contributed by atoms with van der Waals surface area (Å²) in [6.45, 7) is 4.85. The third-order valence-corrected chi connectivity index (χ3v) is 2.81. The van der Waals surface area contributed by atoms with E-state index in [4.69, 9.17) is 0 Å². The van der Waals surface area contributed by atoms with E-state index in [2.05, 4.69) is 34.8 Å². The topological polar surface area (TPSA) is 24.1 Å². The molecule has 0 atom stereocenters. The monoisotopic (exact) mass is 192 g/mol. The molecule has 68 valence electrons. The van der Waals surface area contributed by atoms with Crippen molar-refractivity contribution in [3.63, 3.8) is 0 Å². The predicted octanol–water partition coefficient (Wildman–Crippen LogP) is 1.99. The molecular formula is C10H12N2S. The molecule has 13 heavy (non-hydrogen) atoms. The second-order valence-corrected chi connectivity index (χ2v) is 4.04. The normalized spacial score (nSPS) is 14.1. The van der Waals surface area contributed by atoms with Crippen LogP contribution in [0.1, 0.15) is 11.1 Å². The van der Waals surface area contributed by atoms with Gasteiger partial charge in [-0.2, -0.15) is 0 Å². The lowest BCUT2D eigenvalue weighted by atomic mass is 10.1. The van der Waals surface area contributed by atoms with Crippen molar-refractivity contribution in [3.8, 4) is 0 Å². The lowest BCUT2D eigenvalue weighted by Crippen LogP contribution is -1.98. The molecular weight excluding hydrogens is 180 g/mol. The first kappa shape index (κ1) is 8.66. The maximum absolute atomic E-state index is 3.94. The SMILES string of the molecule is C=C1NCc2cc(SNC)ccc21. The third-order valence-electron chi connectivity index (χ3n) is 2.11. The molecule has 1 aromatic rings. The Kier molecular flexibility index (Phi) is 2.29. The summed E-state index contributed by atoms with van der Waals surface area (Å²) in [7, 11) is 1.93. The Hall–Kier alpha value is -0.930. The second kappa shape index (κ2) is 3.44. The fraction of sp³-hybridized carbons (Fsp3) is 0.200. The zero-order valence-corrected chi connectivity index (χ0v) is 8.37. The highest BCUT2D eigenvalue weighted by atomic mass is 32.2. The molecule has 2 nitrogen and oxygen atoms in total. The van der Waals surface area contributed by atoms with Crippen LogP contribution in [0.4, 0.5) is 0 Å². The van der Waals surface area contributed by atoms with Crippen LogP contribution >= 0.6 is 11.9 Å². The van der Waals surface area contributed by atoms with Gasteiger partial charge in [-0.05, 0) is 36.7 Å². The molecule has 0 fully saturated rings. The Labute approximate surface area is 82.6 Å². The van der Waals surface area contributed by atoms with Crippen LogP contribution in [-0.4, -0.2) is 7.05 Å². The molecule has 0 aromatic heterocycles. The fourth-order valence-corrected chi connectivity index (χ4v) is 2.06. The van der Waals surface area contributed by atoms with E-state index in [-0.39, 0.29) is 0 Å². The van der Waals surface area contributed by atoms with Gasteiger partial charge in [0.15, 0.2) is 0 Å². The highest BCUT2D eigenvalue weighted by Gasteiger charge is 2.13. The van der Waals surface area contributed by atoms with E-state index in [1.165, 1.54) is 16.0 Å². The molecule has 0 bridgehead atoms. The number of fused-ring (bicyclic) bond motifs is 1. The van der Waals surface area contributed by atoms with Crippen LogP contribution in [0.5, 0.6) is 0 Å². The van der Waals surface area contributed by atoms with E-state index in [1.54, 1.807) is 11.9 Å². The van der Waals surface area contributed by atoms with Crippen LogP contribution in [-0.2, 0) is 6.54 Å². The van der Waals surface area contributed by atoms with Gasteiger partial charge < -0.3 is 5.32 Å². The number of hydrogen-bond donors (Lipinski definition) is 2. The van der Waals surface area contributed by atoms with Gasteiger partial charge in [-0.1, -0.05) is 12.6 Å². The van der Waals surface area contributed by atoms with Crippen molar-refractivity contribution >= 4 is 17.6 Å². The summed E-state index contributed by atoms with van der Waals surface area (Å²) < 4.78 is 3.06.